The largest absolute Gasteiger partial charge is 0.425 e. The Bertz CT molecular complexity index is 549. The number of alkyl halides is 3. The Morgan fingerprint density at radius 1 is 1.05 bits per heavy atom. The van der Waals surface area contributed by atoms with Crippen LogP contribution in [0.2, 0.25) is 0 Å². The molecular formula is C13H14F3N3O. The summed E-state index contributed by atoms with van der Waals surface area (Å²) in [6.07, 6.45) is -2.65. The van der Waals surface area contributed by atoms with Crippen LogP contribution >= 0.6 is 0 Å². The van der Waals surface area contributed by atoms with E-state index < -0.39 is 11.7 Å². The molecule has 0 saturated heterocycles. The van der Waals surface area contributed by atoms with E-state index in [1.165, 1.54) is 12.1 Å². The molecule has 0 saturated carbocycles. The van der Waals surface area contributed by atoms with Gasteiger partial charge in [0, 0.05) is 6.42 Å². The Morgan fingerprint density at radius 3 is 2.30 bits per heavy atom. The molecule has 0 fully saturated rings. The third-order valence-corrected chi connectivity index (χ3v) is 2.74. The fraction of sp³-hybridized carbons (Fsp3) is 0.385. The minimum Gasteiger partial charge on any atom is -0.425 e. The minimum absolute atomic E-state index is 0.313. The van der Waals surface area contributed by atoms with Crippen molar-refractivity contribution < 1.29 is 17.6 Å². The normalized spacial score (nSPS) is 11.8. The molecule has 0 atom stereocenters. The number of nitrogens with zero attached hydrogens (tertiary/aromatic N) is 2. The minimum atomic E-state index is -4.32. The van der Waals surface area contributed by atoms with Crippen LogP contribution in [0.4, 0.5) is 13.2 Å². The lowest BCUT2D eigenvalue weighted by atomic mass is 10.1. The van der Waals surface area contributed by atoms with Crippen LogP contribution in [0.3, 0.4) is 0 Å². The van der Waals surface area contributed by atoms with Gasteiger partial charge in [0.25, 0.3) is 0 Å². The molecule has 0 aliphatic rings. The molecule has 2 N–H and O–H groups in total. The van der Waals surface area contributed by atoms with Gasteiger partial charge in [-0.25, -0.2) is 0 Å². The highest BCUT2D eigenvalue weighted by Gasteiger charge is 2.29. The van der Waals surface area contributed by atoms with Gasteiger partial charge in [-0.2, -0.15) is 13.2 Å². The molecule has 0 radical (unpaired) electrons. The van der Waals surface area contributed by atoms with E-state index in [0.29, 0.717) is 36.7 Å². The summed E-state index contributed by atoms with van der Waals surface area (Å²) in [4.78, 5) is 0. The fourth-order valence-corrected chi connectivity index (χ4v) is 1.70. The Kier molecular flexibility index (Phi) is 4.39. The van der Waals surface area contributed by atoms with Crippen LogP contribution in [0.5, 0.6) is 0 Å². The summed E-state index contributed by atoms with van der Waals surface area (Å²) in [5.74, 6) is 0.883. The van der Waals surface area contributed by atoms with Crippen LogP contribution in [0.25, 0.3) is 0 Å². The van der Waals surface area contributed by atoms with Gasteiger partial charge in [-0.05, 0) is 30.7 Å². The molecule has 2 aromatic rings. The maximum Gasteiger partial charge on any atom is 0.416 e. The maximum absolute atomic E-state index is 12.4. The van der Waals surface area contributed by atoms with Gasteiger partial charge in [-0.3, -0.25) is 0 Å². The molecular weight excluding hydrogens is 271 g/mol. The van der Waals surface area contributed by atoms with Crippen molar-refractivity contribution in [3.8, 4) is 0 Å². The van der Waals surface area contributed by atoms with Crippen molar-refractivity contribution >= 4 is 0 Å². The van der Waals surface area contributed by atoms with Crippen molar-refractivity contribution in [2.24, 2.45) is 5.73 Å². The third-order valence-electron chi connectivity index (χ3n) is 2.74. The van der Waals surface area contributed by atoms with Crippen molar-refractivity contribution in [2.75, 3.05) is 6.54 Å². The molecule has 0 spiro atoms. The SMILES string of the molecule is NCCCc1nnc(Cc2ccc(C(F)(F)F)cc2)o1. The summed E-state index contributed by atoms with van der Waals surface area (Å²) in [6.45, 7) is 0.538. The first kappa shape index (κ1) is 14.5. The first-order chi connectivity index (χ1) is 9.49. The van der Waals surface area contributed by atoms with Crippen molar-refractivity contribution in [3.05, 3.63) is 47.2 Å². The van der Waals surface area contributed by atoms with E-state index in [0.717, 1.165) is 18.6 Å². The summed E-state index contributed by atoms with van der Waals surface area (Å²) in [5.41, 5.74) is 5.39. The van der Waals surface area contributed by atoms with Crippen molar-refractivity contribution in [3.63, 3.8) is 0 Å². The number of aromatic nitrogens is 2. The van der Waals surface area contributed by atoms with Gasteiger partial charge in [0.1, 0.15) is 0 Å². The molecule has 4 nitrogen and oxygen atoms in total. The molecule has 108 valence electrons. The predicted octanol–water partition coefficient (Wildman–Crippen LogP) is 2.57. The predicted molar refractivity (Wildman–Crippen MR) is 65.9 cm³/mol. The molecule has 0 amide bonds. The lowest BCUT2D eigenvalue weighted by molar-refractivity contribution is -0.137. The number of hydrogen-bond acceptors (Lipinski definition) is 4. The second-order valence-corrected chi connectivity index (χ2v) is 4.35. The van der Waals surface area contributed by atoms with E-state index in [9.17, 15) is 13.2 Å². The summed E-state index contributed by atoms with van der Waals surface area (Å²) in [7, 11) is 0. The number of hydrogen-bond donors (Lipinski definition) is 1. The number of rotatable bonds is 5. The fourth-order valence-electron chi connectivity index (χ4n) is 1.70. The van der Waals surface area contributed by atoms with E-state index >= 15 is 0 Å². The van der Waals surface area contributed by atoms with Gasteiger partial charge in [0.15, 0.2) is 0 Å². The molecule has 1 aromatic heterocycles. The molecule has 1 aromatic carbocycles. The van der Waals surface area contributed by atoms with Gasteiger partial charge in [0.2, 0.25) is 11.8 Å². The first-order valence-electron chi connectivity index (χ1n) is 6.16. The van der Waals surface area contributed by atoms with E-state index in [2.05, 4.69) is 10.2 Å². The zero-order valence-electron chi connectivity index (χ0n) is 10.7. The lowest BCUT2D eigenvalue weighted by Crippen LogP contribution is -2.04. The van der Waals surface area contributed by atoms with Crippen LogP contribution in [-0.4, -0.2) is 16.7 Å². The number of benzene rings is 1. The van der Waals surface area contributed by atoms with Gasteiger partial charge in [-0.1, -0.05) is 12.1 Å². The quantitative estimate of drug-likeness (QED) is 0.917. The van der Waals surface area contributed by atoms with E-state index in [-0.39, 0.29) is 0 Å². The summed E-state index contributed by atoms with van der Waals surface area (Å²) in [6, 6.07) is 4.90. The number of halogens is 3. The molecule has 1 heterocycles. The highest BCUT2D eigenvalue weighted by atomic mass is 19.4. The molecule has 2 rings (SSSR count). The average Bonchev–Trinajstić information content (AvgIpc) is 2.83. The summed E-state index contributed by atoms with van der Waals surface area (Å²) < 4.78 is 42.6. The average molecular weight is 285 g/mol. The third kappa shape index (κ3) is 3.80. The summed E-state index contributed by atoms with van der Waals surface area (Å²) in [5, 5.41) is 7.71. The zero-order chi connectivity index (χ0) is 14.6. The van der Waals surface area contributed by atoms with Crippen LogP contribution in [0, 0.1) is 0 Å². The van der Waals surface area contributed by atoms with Gasteiger partial charge >= 0.3 is 6.18 Å². The number of aryl methyl sites for hydroxylation is 1. The van der Waals surface area contributed by atoms with Crippen molar-refractivity contribution in [1.82, 2.24) is 10.2 Å². The van der Waals surface area contributed by atoms with Crippen LogP contribution in [0.1, 0.15) is 29.3 Å². The lowest BCUT2D eigenvalue weighted by Gasteiger charge is -2.06. The standard InChI is InChI=1S/C13H14F3N3O/c14-13(15,16)10-5-3-9(4-6-10)8-12-19-18-11(20-12)2-1-7-17/h3-6H,1-2,7-8,17H2. The monoisotopic (exact) mass is 285 g/mol. The second kappa shape index (κ2) is 6.04. The molecule has 0 aliphatic heterocycles. The van der Waals surface area contributed by atoms with Crippen LogP contribution < -0.4 is 5.73 Å². The Balaban J connectivity index is 2.01. The Labute approximate surface area is 113 Å². The summed E-state index contributed by atoms with van der Waals surface area (Å²) >= 11 is 0. The molecule has 20 heavy (non-hydrogen) atoms. The van der Waals surface area contributed by atoms with E-state index in [4.69, 9.17) is 10.2 Å². The maximum atomic E-state index is 12.4. The van der Waals surface area contributed by atoms with Gasteiger partial charge in [-0.15, -0.1) is 10.2 Å². The molecule has 0 bridgehead atoms. The van der Waals surface area contributed by atoms with E-state index in [1.807, 2.05) is 0 Å². The second-order valence-electron chi connectivity index (χ2n) is 4.35. The highest BCUT2D eigenvalue weighted by molar-refractivity contribution is 5.26. The molecule has 0 unspecified atom stereocenters. The first-order valence-corrected chi connectivity index (χ1v) is 6.16. The van der Waals surface area contributed by atoms with Crippen molar-refractivity contribution in [2.45, 2.75) is 25.4 Å². The van der Waals surface area contributed by atoms with E-state index in [1.54, 1.807) is 0 Å². The Hall–Kier alpha value is -1.89. The highest BCUT2D eigenvalue weighted by Crippen LogP contribution is 2.29. The van der Waals surface area contributed by atoms with Crippen LogP contribution in [-0.2, 0) is 19.0 Å². The topological polar surface area (TPSA) is 64.9 Å². The molecule has 7 heteroatoms. The smallest absolute Gasteiger partial charge is 0.416 e. The van der Waals surface area contributed by atoms with Crippen LogP contribution in [0.15, 0.2) is 28.7 Å². The zero-order valence-corrected chi connectivity index (χ0v) is 10.7. The van der Waals surface area contributed by atoms with Gasteiger partial charge in [0.05, 0.1) is 12.0 Å². The van der Waals surface area contributed by atoms with Crippen molar-refractivity contribution in [1.29, 1.82) is 0 Å². The number of nitrogens with two attached hydrogens (primary N) is 1. The molecule has 0 aliphatic carbocycles. The Morgan fingerprint density at radius 2 is 1.70 bits per heavy atom. The van der Waals surface area contributed by atoms with Gasteiger partial charge < -0.3 is 10.2 Å².